The number of non-ortho nitro benzene ring substituents is 1. The Balaban J connectivity index is 2.12. The number of hydrogen-bond acceptors (Lipinski definition) is 3. The van der Waals surface area contributed by atoms with E-state index >= 15 is 0 Å². The summed E-state index contributed by atoms with van der Waals surface area (Å²) in [6.45, 7) is 2.16. The molecule has 2 aromatic carbocycles. The molecule has 4 nitrogen and oxygen atoms in total. The Morgan fingerprint density at radius 2 is 1.89 bits per heavy atom. The number of nitro groups is 1. The van der Waals surface area contributed by atoms with Gasteiger partial charge in [-0.15, -0.1) is 0 Å². The Hall–Kier alpha value is -2.36. The third kappa shape index (κ3) is 3.07. The van der Waals surface area contributed by atoms with Crippen LogP contribution in [0.15, 0.2) is 48.5 Å². The lowest BCUT2D eigenvalue weighted by molar-refractivity contribution is -0.385. The molecular formula is C14H13NO3. The fourth-order valence-corrected chi connectivity index (χ4v) is 1.71. The number of nitro benzene ring substituents is 1. The van der Waals surface area contributed by atoms with Crippen molar-refractivity contribution < 1.29 is 9.66 Å². The fraction of sp³-hybridized carbons (Fsp3) is 0.143. The smallest absolute Gasteiger partial charge is 0.270 e. The van der Waals surface area contributed by atoms with E-state index in [4.69, 9.17) is 4.74 Å². The van der Waals surface area contributed by atoms with E-state index in [0.29, 0.717) is 6.61 Å². The van der Waals surface area contributed by atoms with Crippen LogP contribution in [0.25, 0.3) is 0 Å². The Labute approximate surface area is 105 Å². The number of benzene rings is 2. The van der Waals surface area contributed by atoms with E-state index in [1.807, 2.05) is 43.3 Å². The zero-order valence-electron chi connectivity index (χ0n) is 10.00. The van der Waals surface area contributed by atoms with E-state index in [2.05, 4.69) is 0 Å². The molecule has 0 aliphatic heterocycles. The first-order chi connectivity index (χ1) is 8.65. The molecule has 0 heterocycles. The van der Waals surface area contributed by atoms with Crippen LogP contribution in [0.5, 0.6) is 5.75 Å². The first kappa shape index (κ1) is 12.1. The molecule has 0 radical (unpaired) electrons. The number of nitrogens with zero attached hydrogens (tertiary/aromatic N) is 1. The highest BCUT2D eigenvalue weighted by atomic mass is 16.6. The maximum Gasteiger partial charge on any atom is 0.270 e. The Morgan fingerprint density at radius 1 is 1.17 bits per heavy atom. The van der Waals surface area contributed by atoms with E-state index in [-0.39, 0.29) is 10.6 Å². The van der Waals surface area contributed by atoms with Crippen LogP contribution >= 0.6 is 0 Å². The van der Waals surface area contributed by atoms with Gasteiger partial charge in [-0.1, -0.05) is 24.3 Å². The first-order valence-corrected chi connectivity index (χ1v) is 5.58. The molecule has 0 aliphatic carbocycles. The monoisotopic (exact) mass is 243 g/mol. The summed E-state index contributed by atoms with van der Waals surface area (Å²) in [6, 6.07) is 14.3. The standard InChI is InChI=1S/C14H13NO3/c1-11-7-12(9-13(8-11)15(16)17)10-18-14-5-3-2-4-6-14/h2-9H,10H2,1H3. The van der Waals surface area contributed by atoms with E-state index in [9.17, 15) is 10.1 Å². The molecule has 0 bridgehead atoms. The van der Waals surface area contributed by atoms with Crippen LogP contribution in [0.2, 0.25) is 0 Å². The quantitative estimate of drug-likeness (QED) is 0.610. The summed E-state index contributed by atoms with van der Waals surface area (Å²) in [5.41, 5.74) is 1.75. The van der Waals surface area contributed by atoms with Crippen molar-refractivity contribution in [3.05, 3.63) is 69.8 Å². The summed E-state index contributed by atoms with van der Waals surface area (Å²) in [4.78, 5) is 10.4. The van der Waals surface area contributed by atoms with Crippen molar-refractivity contribution in [2.24, 2.45) is 0 Å². The zero-order valence-corrected chi connectivity index (χ0v) is 10.00. The van der Waals surface area contributed by atoms with E-state index in [0.717, 1.165) is 16.9 Å². The molecule has 0 spiro atoms. The summed E-state index contributed by atoms with van der Waals surface area (Å²) in [6.07, 6.45) is 0. The number of ether oxygens (including phenoxy) is 1. The van der Waals surface area contributed by atoms with Crippen LogP contribution < -0.4 is 4.74 Å². The first-order valence-electron chi connectivity index (χ1n) is 5.58. The molecule has 2 aromatic rings. The third-order valence-corrected chi connectivity index (χ3v) is 2.48. The van der Waals surface area contributed by atoms with Gasteiger partial charge in [0.2, 0.25) is 0 Å². The average molecular weight is 243 g/mol. The summed E-state index contributed by atoms with van der Waals surface area (Å²) in [5, 5.41) is 10.7. The summed E-state index contributed by atoms with van der Waals surface area (Å²) < 4.78 is 5.56. The third-order valence-electron chi connectivity index (χ3n) is 2.48. The number of hydrogen-bond donors (Lipinski definition) is 0. The normalized spacial score (nSPS) is 10.1. The van der Waals surface area contributed by atoms with Crippen molar-refractivity contribution in [3.8, 4) is 5.75 Å². The van der Waals surface area contributed by atoms with Crippen molar-refractivity contribution in [1.29, 1.82) is 0 Å². The van der Waals surface area contributed by atoms with E-state index < -0.39 is 0 Å². The molecular weight excluding hydrogens is 230 g/mol. The van der Waals surface area contributed by atoms with Gasteiger partial charge in [0.25, 0.3) is 5.69 Å². The van der Waals surface area contributed by atoms with Crippen LogP contribution in [-0.4, -0.2) is 4.92 Å². The van der Waals surface area contributed by atoms with Crippen molar-refractivity contribution in [1.82, 2.24) is 0 Å². The van der Waals surface area contributed by atoms with Crippen LogP contribution in [0.4, 0.5) is 5.69 Å². The van der Waals surface area contributed by atoms with E-state index in [1.54, 1.807) is 6.07 Å². The molecule has 4 heteroatoms. The second kappa shape index (κ2) is 5.31. The summed E-state index contributed by atoms with van der Waals surface area (Å²) >= 11 is 0. The van der Waals surface area contributed by atoms with Gasteiger partial charge in [0.1, 0.15) is 12.4 Å². The van der Waals surface area contributed by atoms with Gasteiger partial charge in [0.15, 0.2) is 0 Å². The molecule has 0 unspecified atom stereocenters. The van der Waals surface area contributed by atoms with Gasteiger partial charge in [-0.25, -0.2) is 0 Å². The van der Waals surface area contributed by atoms with Crippen molar-refractivity contribution >= 4 is 5.69 Å². The molecule has 0 fully saturated rings. The molecule has 2 rings (SSSR count). The van der Waals surface area contributed by atoms with E-state index in [1.165, 1.54) is 6.07 Å². The van der Waals surface area contributed by atoms with Crippen LogP contribution in [0.1, 0.15) is 11.1 Å². The second-order valence-electron chi connectivity index (χ2n) is 4.04. The summed E-state index contributed by atoms with van der Waals surface area (Å²) in [7, 11) is 0. The number of aryl methyl sites for hydroxylation is 1. The second-order valence-corrected chi connectivity index (χ2v) is 4.04. The van der Waals surface area contributed by atoms with Crippen LogP contribution in [0.3, 0.4) is 0 Å². The van der Waals surface area contributed by atoms with Crippen molar-refractivity contribution in [2.75, 3.05) is 0 Å². The maximum absolute atomic E-state index is 10.7. The minimum absolute atomic E-state index is 0.0988. The Bertz CT molecular complexity index is 552. The SMILES string of the molecule is Cc1cc(COc2ccccc2)cc([N+](=O)[O-])c1. The molecule has 0 saturated carbocycles. The molecule has 0 atom stereocenters. The van der Waals surface area contributed by atoms with Crippen molar-refractivity contribution in [2.45, 2.75) is 13.5 Å². The minimum atomic E-state index is -0.390. The highest BCUT2D eigenvalue weighted by Gasteiger charge is 2.08. The Morgan fingerprint density at radius 3 is 2.56 bits per heavy atom. The zero-order chi connectivity index (χ0) is 13.0. The largest absolute Gasteiger partial charge is 0.489 e. The van der Waals surface area contributed by atoms with Gasteiger partial charge >= 0.3 is 0 Å². The highest BCUT2D eigenvalue weighted by molar-refractivity contribution is 5.38. The molecule has 0 amide bonds. The van der Waals surface area contributed by atoms with Gasteiger partial charge in [-0.2, -0.15) is 0 Å². The minimum Gasteiger partial charge on any atom is -0.489 e. The number of para-hydroxylation sites is 1. The Kier molecular flexibility index (Phi) is 3.57. The molecule has 0 aromatic heterocycles. The van der Waals surface area contributed by atoms with Gasteiger partial charge in [-0.05, 0) is 30.2 Å². The fourth-order valence-electron chi connectivity index (χ4n) is 1.71. The van der Waals surface area contributed by atoms with Gasteiger partial charge in [-0.3, -0.25) is 10.1 Å². The van der Waals surface area contributed by atoms with Crippen LogP contribution in [0, 0.1) is 17.0 Å². The summed E-state index contributed by atoms with van der Waals surface area (Å²) in [5.74, 6) is 0.752. The number of rotatable bonds is 4. The van der Waals surface area contributed by atoms with Crippen LogP contribution in [-0.2, 0) is 6.61 Å². The molecule has 0 aliphatic rings. The molecule has 0 saturated heterocycles. The lowest BCUT2D eigenvalue weighted by Crippen LogP contribution is -1.98. The molecule has 18 heavy (non-hydrogen) atoms. The molecule has 0 N–H and O–H groups in total. The molecule has 92 valence electrons. The predicted molar refractivity (Wildman–Crippen MR) is 68.6 cm³/mol. The van der Waals surface area contributed by atoms with Gasteiger partial charge in [0, 0.05) is 12.1 Å². The topological polar surface area (TPSA) is 52.4 Å². The maximum atomic E-state index is 10.7. The predicted octanol–water partition coefficient (Wildman–Crippen LogP) is 3.48. The lowest BCUT2D eigenvalue weighted by atomic mass is 10.1. The van der Waals surface area contributed by atoms with Crippen molar-refractivity contribution in [3.63, 3.8) is 0 Å². The average Bonchev–Trinajstić information content (AvgIpc) is 2.37. The van der Waals surface area contributed by atoms with Gasteiger partial charge in [0.05, 0.1) is 4.92 Å². The lowest BCUT2D eigenvalue weighted by Gasteiger charge is -2.06. The van der Waals surface area contributed by atoms with Gasteiger partial charge < -0.3 is 4.74 Å². The highest BCUT2D eigenvalue weighted by Crippen LogP contribution is 2.18.